The molecule has 1 amide bonds. The highest BCUT2D eigenvalue weighted by Gasteiger charge is 2.31. The van der Waals surface area contributed by atoms with Gasteiger partial charge in [0.05, 0.1) is 6.04 Å². The number of alkyl halides is 3. The molecule has 7 N–H and O–H groups in total. The molecule has 0 aliphatic carbocycles. The van der Waals surface area contributed by atoms with Gasteiger partial charge in [-0.2, -0.15) is 0 Å². The number of nitrogens with two attached hydrogens (primary N) is 2. The summed E-state index contributed by atoms with van der Waals surface area (Å²) in [4.78, 5) is 11.9. The number of nitrogens with one attached hydrogen (secondary N) is 1. The Morgan fingerprint density at radius 1 is 1.22 bits per heavy atom. The molecule has 0 aliphatic heterocycles. The van der Waals surface area contributed by atoms with E-state index in [1.165, 1.54) is 12.1 Å². The van der Waals surface area contributed by atoms with Gasteiger partial charge in [0.15, 0.2) is 0 Å². The fourth-order valence-electron chi connectivity index (χ4n) is 2.42. The number of carbonyl (C=O) groups excluding carboxylic acids is 1. The molecule has 0 aliphatic rings. The topological polar surface area (TPSA) is 131 Å². The van der Waals surface area contributed by atoms with E-state index in [1.54, 1.807) is 0 Å². The zero-order chi connectivity index (χ0) is 20.4. The van der Waals surface area contributed by atoms with Gasteiger partial charge in [-0.15, -0.1) is 13.2 Å². The van der Waals surface area contributed by atoms with Crippen molar-refractivity contribution in [3.63, 3.8) is 0 Å². The van der Waals surface area contributed by atoms with Crippen LogP contribution in [0.2, 0.25) is 5.82 Å². The maximum atomic E-state index is 12.2. The van der Waals surface area contributed by atoms with E-state index < -0.39 is 31.2 Å². The Balaban J connectivity index is 2.55. The Labute approximate surface area is 156 Å². The molecule has 0 aromatic heterocycles. The van der Waals surface area contributed by atoms with Crippen molar-refractivity contribution < 1.29 is 32.8 Å². The molecule has 1 aromatic rings. The summed E-state index contributed by atoms with van der Waals surface area (Å²) in [5.41, 5.74) is 11.7. The number of benzene rings is 1. The number of rotatable bonds is 11. The van der Waals surface area contributed by atoms with Crippen LogP contribution in [0.15, 0.2) is 24.3 Å². The summed E-state index contributed by atoms with van der Waals surface area (Å²) >= 11 is 0. The summed E-state index contributed by atoms with van der Waals surface area (Å²) in [6.45, 7) is 0.474. The Morgan fingerprint density at radius 2 is 1.85 bits per heavy atom. The van der Waals surface area contributed by atoms with Gasteiger partial charge < -0.3 is 31.6 Å². The molecule has 0 unspecified atom stereocenters. The van der Waals surface area contributed by atoms with Crippen LogP contribution >= 0.6 is 0 Å². The van der Waals surface area contributed by atoms with E-state index in [-0.39, 0.29) is 18.7 Å². The van der Waals surface area contributed by atoms with Crippen molar-refractivity contribution in [1.29, 1.82) is 0 Å². The molecule has 0 bridgehead atoms. The van der Waals surface area contributed by atoms with Gasteiger partial charge in [0.2, 0.25) is 5.91 Å². The lowest BCUT2D eigenvalue weighted by Crippen LogP contribution is -2.43. The highest BCUT2D eigenvalue weighted by Crippen LogP contribution is 2.24. The number of ether oxygens (including phenoxy) is 1. The third-order valence-electron chi connectivity index (χ3n) is 3.92. The van der Waals surface area contributed by atoms with Gasteiger partial charge in [0.1, 0.15) is 5.75 Å². The van der Waals surface area contributed by atoms with E-state index in [1.807, 2.05) is 0 Å². The van der Waals surface area contributed by atoms with E-state index in [9.17, 15) is 28.0 Å². The third kappa shape index (κ3) is 9.61. The Morgan fingerprint density at radius 3 is 2.37 bits per heavy atom. The maximum absolute atomic E-state index is 12.2. The predicted molar refractivity (Wildman–Crippen MR) is 94.7 cm³/mol. The van der Waals surface area contributed by atoms with Crippen LogP contribution in [-0.2, 0) is 11.2 Å². The molecule has 0 spiro atoms. The van der Waals surface area contributed by atoms with Crippen molar-refractivity contribution in [2.45, 2.75) is 43.9 Å². The lowest BCUT2D eigenvalue weighted by molar-refractivity contribution is -0.274. The van der Waals surface area contributed by atoms with Crippen LogP contribution in [0.25, 0.3) is 0 Å². The van der Waals surface area contributed by atoms with E-state index in [2.05, 4.69) is 10.1 Å². The first-order chi connectivity index (χ1) is 12.6. The Kier molecular flexibility index (Phi) is 9.57. The van der Waals surface area contributed by atoms with E-state index in [4.69, 9.17) is 11.5 Å². The summed E-state index contributed by atoms with van der Waals surface area (Å²) < 4.78 is 40.2. The van der Waals surface area contributed by atoms with Crippen LogP contribution < -0.4 is 21.5 Å². The minimum Gasteiger partial charge on any atom is -0.427 e. The molecular weight excluding hydrogens is 366 g/mol. The van der Waals surface area contributed by atoms with E-state index in [0.29, 0.717) is 24.9 Å². The first-order valence-corrected chi connectivity index (χ1v) is 8.56. The zero-order valence-electron chi connectivity index (χ0n) is 14.8. The Bertz CT molecular complexity index is 573. The van der Waals surface area contributed by atoms with Gasteiger partial charge in [-0.25, -0.2) is 0 Å². The fourth-order valence-corrected chi connectivity index (χ4v) is 2.42. The summed E-state index contributed by atoms with van der Waals surface area (Å²) in [6, 6.07) is 4.32. The average molecular weight is 391 g/mol. The maximum Gasteiger partial charge on any atom is 0.573 e. The summed E-state index contributed by atoms with van der Waals surface area (Å²) in [6.07, 6.45) is -2.71. The molecule has 0 heterocycles. The number of hydrogen-bond acceptors (Lipinski definition) is 6. The number of carbonyl (C=O) groups is 1. The van der Waals surface area contributed by atoms with Gasteiger partial charge in [-0.3, -0.25) is 4.79 Å². The van der Waals surface area contributed by atoms with Crippen LogP contribution in [0.3, 0.4) is 0 Å². The molecule has 152 valence electrons. The van der Waals surface area contributed by atoms with Gasteiger partial charge in [-0.05, 0) is 43.5 Å². The van der Waals surface area contributed by atoms with Crippen LogP contribution in [0.1, 0.15) is 24.8 Å². The molecule has 11 heteroatoms. The molecule has 7 nitrogen and oxygen atoms in total. The number of hydrogen-bond donors (Lipinski definition) is 5. The number of amides is 1. The van der Waals surface area contributed by atoms with Crippen molar-refractivity contribution in [2.24, 2.45) is 11.5 Å². The molecule has 0 radical (unpaired) electrons. The van der Waals surface area contributed by atoms with Crippen molar-refractivity contribution in [3.05, 3.63) is 29.8 Å². The minimum absolute atomic E-state index is 0.0398. The van der Waals surface area contributed by atoms with Crippen LogP contribution in [0, 0.1) is 0 Å². The second-order valence-corrected chi connectivity index (χ2v) is 6.21. The molecular formula is C16H25BF3N3O4. The molecule has 27 heavy (non-hydrogen) atoms. The van der Waals surface area contributed by atoms with Crippen LogP contribution in [0.5, 0.6) is 5.75 Å². The fraction of sp³-hybridized carbons (Fsp3) is 0.562. The van der Waals surface area contributed by atoms with Gasteiger partial charge in [0.25, 0.3) is 0 Å². The van der Waals surface area contributed by atoms with Crippen LogP contribution in [-0.4, -0.2) is 48.6 Å². The second-order valence-electron chi connectivity index (χ2n) is 6.21. The van der Waals surface area contributed by atoms with Gasteiger partial charge in [-0.1, -0.05) is 18.6 Å². The molecule has 0 saturated carbocycles. The van der Waals surface area contributed by atoms with Crippen molar-refractivity contribution in [2.75, 3.05) is 13.1 Å². The summed E-state index contributed by atoms with van der Waals surface area (Å²) in [5.74, 6) is -1.53. The lowest BCUT2D eigenvalue weighted by atomic mass is 9.69. The van der Waals surface area contributed by atoms with E-state index >= 15 is 0 Å². The van der Waals surface area contributed by atoms with Gasteiger partial charge >= 0.3 is 13.5 Å². The SMILES string of the molecule is NCCCC[C@H](N)C(=O)NC[C@@H](Cc1ccc(OC(F)(F)F)cc1)B(O)O. The molecule has 0 saturated heterocycles. The normalized spacial score (nSPS) is 13.7. The van der Waals surface area contributed by atoms with Gasteiger partial charge in [0, 0.05) is 12.4 Å². The average Bonchev–Trinajstić information content (AvgIpc) is 2.58. The first-order valence-electron chi connectivity index (χ1n) is 8.56. The molecule has 1 rings (SSSR count). The standard InChI is InChI=1S/C16H25BF3N3O4/c18-16(19,20)27-13-6-4-11(5-7-13)9-12(17(25)26)10-23-15(24)14(22)3-1-2-8-21/h4-7,12,14,25-26H,1-3,8-10,21-22H2,(H,23,24)/t12-,14+/m1/s1. The highest BCUT2D eigenvalue weighted by molar-refractivity contribution is 6.43. The monoisotopic (exact) mass is 391 g/mol. The summed E-state index contributed by atoms with van der Waals surface area (Å²) in [5, 5.41) is 21.5. The lowest BCUT2D eigenvalue weighted by Gasteiger charge is -2.19. The highest BCUT2D eigenvalue weighted by atomic mass is 19.4. The zero-order valence-corrected chi connectivity index (χ0v) is 14.8. The smallest absolute Gasteiger partial charge is 0.427 e. The van der Waals surface area contributed by atoms with Crippen LogP contribution in [0.4, 0.5) is 13.2 Å². The molecule has 2 atom stereocenters. The first kappa shape index (κ1) is 23.2. The summed E-state index contributed by atoms with van der Waals surface area (Å²) in [7, 11) is -1.72. The van der Waals surface area contributed by atoms with Crippen molar-refractivity contribution in [1.82, 2.24) is 5.32 Å². The molecule has 0 fully saturated rings. The number of halogens is 3. The minimum atomic E-state index is -4.78. The Hall–Kier alpha value is -1.82. The van der Waals surface area contributed by atoms with Crippen molar-refractivity contribution >= 4 is 13.0 Å². The third-order valence-corrected chi connectivity index (χ3v) is 3.92. The second kappa shape index (κ2) is 11.1. The van der Waals surface area contributed by atoms with E-state index in [0.717, 1.165) is 18.6 Å². The largest absolute Gasteiger partial charge is 0.573 e. The van der Waals surface area contributed by atoms with Crippen molar-refractivity contribution in [3.8, 4) is 5.75 Å². The quantitative estimate of drug-likeness (QED) is 0.277. The molecule has 1 aromatic carbocycles. The predicted octanol–water partition coefficient (Wildman–Crippen LogP) is 0.543. The number of unbranched alkanes of at least 4 members (excludes halogenated alkanes) is 1.